The SMILES string of the molecule is CC(C)C1CCCC(NC2CCN(C)C2=O)C1. The summed E-state index contributed by atoms with van der Waals surface area (Å²) in [5, 5.41) is 3.59. The summed E-state index contributed by atoms with van der Waals surface area (Å²) >= 11 is 0. The fraction of sp³-hybridized carbons (Fsp3) is 0.929. The van der Waals surface area contributed by atoms with Gasteiger partial charge in [-0.05, 0) is 31.1 Å². The van der Waals surface area contributed by atoms with E-state index in [-0.39, 0.29) is 11.9 Å². The molecule has 2 rings (SSSR count). The molecule has 1 aliphatic carbocycles. The highest BCUT2D eigenvalue weighted by molar-refractivity contribution is 5.83. The van der Waals surface area contributed by atoms with E-state index in [1.54, 1.807) is 0 Å². The Labute approximate surface area is 105 Å². The maximum Gasteiger partial charge on any atom is 0.239 e. The van der Waals surface area contributed by atoms with Gasteiger partial charge in [0.15, 0.2) is 0 Å². The first-order chi connectivity index (χ1) is 8.08. The zero-order valence-corrected chi connectivity index (χ0v) is 11.4. The molecule has 2 fully saturated rings. The van der Waals surface area contributed by atoms with Crippen LogP contribution in [0.3, 0.4) is 0 Å². The fourth-order valence-electron chi connectivity index (χ4n) is 3.25. The minimum atomic E-state index is 0.0934. The van der Waals surface area contributed by atoms with Crippen LogP contribution in [0.15, 0.2) is 0 Å². The van der Waals surface area contributed by atoms with Crippen LogP contribution in [0.4, 0.5) is 0 Å². The van der Waals surface area contributed by atoms with E-state index in [0.29, 0.717) is 6.04 Å². The van der Waals surface area contributed by atoms with E-state index in [9.17, 15) is 4.79 Å². The predicted octanol–water partition coefficient (Wildman–Crippen LogP) is 2.02. The van der Waals surface area contributed by atoms with Crippen LogP contribution in [0.25, 0.3) is 0 Å². The lowest BCUT2D eigenvalue weighted by Crippen LogP contribution is -2.45. The average molecular weight is 238 g/mol. The van der Waals surface area contributed by atoms with Crippen LogP contribution in [-0.4, -0.2) is 36.5 Å². The summed E-state index contributed by atoms with van der Waals surface area (Å²) in [6, 6.07) is 0.660. The third kappa shape index (κ3) is 3.01. The van der Waals surface area contributed by atoms with Crippen LogP contribution in [-0.2, 0) is 4.79 Å². The van der Waals surface area contributed by atoms with Crippen LogP contribution in [0.5, 0.6) is 0 Å². The Hall–Kier alpha value is -0.570. The Morgan fingerprint density at radius 1 is 1.29 bits per heavy atom. The molecule has 0 aromatic heterocycles. The van der Waals surface area contributed by atoms with Crippen LogP contribution >= 0.6 is 0 Å². The molecule has 0 radical (unpaired) electrons. The van der Waals surface area contributed by atoms with E-state index >= 15 is 0 Å². The van der Waals surface area contributed by atoms with Gasteiger partial charge in [-0.2, -0.15) is 0 Å². The number of hydrogen-bond donors (Lipinski definition) is 1. The summed E-state index contributed by atoms with van der Waals surface area (Å²) in [4.78, 5) is 13.7. The number of carbonyl (C=O) groups is 1. The van der Waals surface area contributed by atoms with Gasteiger partial charge in [0.05, 0.1) is 6.04 Å². The lowest BCUT2D eigenvalue weighted by molar-refractivity contribution is -0.128. The Morgan fingerprint density at radius 3 is 2.65 bits per heavy atom. The Balaban J connectivity index is 1.85. The molecule has 0 bridgehead atoms. The zero-order valence-electron chi connectivity index (χ0n) is 11.4. The number of likely N-dealkylation sites (N-methyl/N-ethyl adjacent to an activating group) is 1. The molecule has 0 spiro atoms. The Morgan fingerprint density at radius 2 is 2.06 bits per heavy atom. The molecule has 1 aliphatic heterocycles. The van der Waals surface area contributed by atoms with Crippen molar-refractivity contribution in [1.29, 1.82) is 0 Å². The van der Waals surface area contributed by atoms with Gasteiger partial charge in [-0.3, -0.25) is 4.79 Å². The van der Waals surface area contributed by atoms with Gasteiger partial charge >= 0.3 is 0 Å². The normalized spacial score (nSPS) is 34.7. The first kappa shape index (κ1) is 12.9. The van der Waals surface area contributed by atoms with Crippen molar-refractivity contribution in [1.82, 2.24) is 10.2 Å². The molecule has 0 aromatic carbocycles. The second-order valence-corrected chi connectivity index (χ2v) is 6.14. The van der Waals surface area contributed by atoms with Crippen molar-refractivity contribution in [3.8, 4) is 0 Å². The number of likely N-dealkylation sites (tertiary alicyclic amines) is 1. The molecule has 2 aliphatic rings. The minimum absolute atomic E-state index is 0.0934. The first-order valence-corrected chi connectivity index (χ1v) is 7.09. The van der Waals surface area contributed by atoms with Crippen molar-refractivity contribution >= 4 is 5.91 Å². The number of carbonyl (C=O) groups excluding carboxylic acids is 1. The molecule has 3 unspecified atom stereocenters. The standard InChI is InChI=1S/C14H26N2O/c1-10(2)11-5-4-6-12(9-11)15-13-7-8-16(3)14(13)17/h10-13,15H,4-9H2,1-3H3. The summed E-state index contributed by atoms with van der Waals surface area (Å²) in [5.41, 5.74) is 0. The second-order valence-electron chi connectivity index (χ2n) is 6.14. The smallest absolute Gasteiger partial charge is 0.239 e. The number of nitrogens with one attached hydrogen (secondary N) is 1. The number of amides is 1. The largest absolute Gasteiger partial charge is 0.344 e. The molecule has 1 saturated carbocycles. The number of hydrogen-bond acceptors (Lipinski definition) is 2. The Kier molecular flexibility index (Phi) is 4.08. The third-order valence-electron chi connectivity index (χ3n) is 4.52. The molecular formula is C14H26N2O. The van der Waals surface area contributed by atoms with Gasteiger partial charge in [0.2, 0.25) is 5.91 Å². The van der Waals surface area contributed by atoms with Crippen LogP contribution in [0.1, 0.15) is 46.0 Å². The van der Waals surface area contributed by atoms with Crippen molar-refractivity contribution in [2.75, 3.05) is 13.6 Å². The van der Waals surface area contributed by atoms with Gasteiger partial charge in [0, 0.05) is 19.6 Å². The molecule has 3 atom stereocenters. The predicted molar refractivity (Wildman–Crippen MR) is 69.8 cm³/mol. The lowest BCUT2D eigenvalue weighted by atomic mass is 9.79. The van der Waals surface area contributed by atoms with Crippen molar-refractivity contribution in [3.05, 3.63) is 0 Å². The highest BCUT2D eigenvalue weighted by atomic mass is 16.2. The first-order valence-electron chi connectivity index (χ1n) is 7.09. The van der Waals surface area contributed by atoms with E-state index in [1.165, 1.54) is 25.7 Å². The molecule has 1 saturated heterocycles. The minimum Gasteiger partial charge on any atom is -0.344 e. The van der Waals surface area contributed by atoms with Crippen LogP contribution < -0.4 is 5.32 Å². The van der Waals surface area contributed by atoms with Crippen molar-refractivity contribution < 1.29 is 4.79 Å². The topological polar surface area (TPSA) is 32.3 Å². The van der Waals surface area contributed by atoms with E-state index in [0.717, 1.165) is 24.8 Å². The van der Waals surface area contributed by atoms with Crippen molar-refractivity contribution in [2.45, 2.75) is 58.0 Å². The van der Waals surface area contributed by atoms with E-state index in [4.69, 9.17) is 0 Å². The molecule has 3 nitrogen and oxygen atoms in total. The van der Waals surface area contributed by atoms with Crippen molar-refractivity contribution in [3.63, 3.8) is 0 Å². The van der Waals surface area contributed by atoms with E-state index < -0.39 is 0 Å². The van der Waals surface area contributed by atoms with Gasteiger partial charge < -0.3 is 10.2 Å². The van der Waals surface area contributed by atoms with Crippen molar-refractivity contribution in [2.24, 2.45) is 11.8 Å². The molecular weight excluding hydrogens is 212 g/mol. The number of rotatable bonds is 3. The Bertz CT molecular complexity index is 277. The van der Waals surface area contributed by atoms with E-state index in [1.807, 2.05) is 11.9 Å². The van der Waals surface area contributed by atoms with E-state index in [2.05, 4.69) is 19.2 Å². The lowest BCUT2D eigenvalue weighted by Gasteiger charge is -2.33. The van der Waals surface area contributed by atoms with Gasteiger partial charge in [-0.25, -0.2) is 0 Å². The zero-order chi connectivity index (χ0) is 12.4. The molecule has 0 aromatic rings. The molecule has 1 amide bonds. The van der Waals surface area contributed by atoms with Crippen LogP contribution in [0, 0.1) is 11.8 Å². The maximum absolute atomic E-state index is 11.9. The summed E-state index contributed by atoms with van der Waals surface area (Å²) in [6.07, 6.45) is 6.17. The second kappa shape index (κ2) is 5.38. The van der Waals surface area contributed by atoms with Gasteiger partial charge in [0.1, 0.15) is 0 Å². The quantitative estimate of drug-likeness (QED) is 0.816. The summed E-state index contributed by atoms with van der Waals surface area (Å²) < 4.78 is 0. The van der Waals surface area contributed by atoms with Gasteiger partial charge in [-0.1, -0.05) is 26.7 Å². The molecule has 3 heteroatoms. The third-order valence-corrected chi connectivity index (χ3v) is 4.52. The summed E-state index contributed by atoms with van der Waals surface area (Å²) in [6.45, 7) is 5.56. The highest BCUT2D eigenvalue weighted by Gasteiger charge is 2.32. The molecule has 1 heterocycles. The molecule has 17 heavy (non-hydrogen) atoms. The molecule has 1 N–H and O–H groups in total. The summed E-state index contributed by atoms with van der Waals surface area (Å²) in [7, 11) is 1.90. The highest BCUT2D eigenvalue weighted by Crippen LogP contribution is 2.30. The maximum atomic E-state index is 11.9. The average Bonchev–Trinajstić information content (AvgIpc) is 2.61. The van der Waals surface area contributed by atoms with Gasteiger partial charge in [-0.15, -0.1) is 0 Å². The number of nitrogens with zero attached hydrogens (tertiary/aromatic N) is 1. The molecule has 98 valence electrons. The monoisotopic (exact) mass is 238 g/mol. The summed E-state index contributed by atoms with van der Waals surface area (Å²) in [5.74, 6) is 1.91. The van der Waals surface area contributed by atoms with Crippen LogP contribution in [0.2, 0.25) is 0 Å². The fourth-order valence-corrected chi connectivity index (χ4v) is 3.25. The van der Waals surface area contributed by atoms with Gasteiger partial charge in [0.25, 0.3) is 0 Å².